The fourth-order valence-corrected chi connectivity index (χ4v) is 2.80. The van der Waals surface area contributed by atoms with E-state index in [0.717, 1.165) is 35.3 Å². The number of ether oxygens (including phenoxy) is 2. The molecule has 3 rings (SSSR count). The Labute approximate surface area is 124 Å². The number of nitrogens with one attached hydrogen (secondary N) is 1. The zero-order valence-corrected chi connectivity index (χ0v) is 12.8. The molecule has 1 aliphatic heterocycles. The van der Waals surface area contributed by atoms with Crippen molar-refractivity contribution in [3.63, 3.8) is 0 Å². The van der Waals surface area contributed by atoms with Crippen LogP contribution in [0.4, 0.5) is 5.95 Å². The molecule has 112 valence electrons. The van der Waals surface area contributed by atoms with Crippen LogP contribution in [0.3, 0.4) is 0 Å². The highest BCUT2D eigenvalue weighted by Gasteiger charge is 2.28. The summed E-state index contributed by atoms with van der Waals surface area (Å²) in [5.74, 6) is 3.07. The summed E-state index contributed by atoms with van der Waals surface area (Å²) in [6.45, 7) is 4.06. The van der Waals surface area contributed by atoms with Gasteiger partial charge in [-0.15, -0.1) is 0 Å². The number of hydrogen-bond donors (Lipinski definition) is 1. The van der Waals surface area contributed by atoms with E-state index >= 15 is 0 Å². The predicted octanol–water partition coefficient (Wildman–Crippen LogP) is 2.40. The second-order valence-electron chi connectivity index (χ2n) is 5.34. The van der Waals surface area contributed by atoms with Crippen LogP contribution >= 0.6 is 0 Å². The number of rotatable bonds is 3. The van der Waals surface area contributed by atoms with Gasteiger partial charge < -0.3 is 14.8 Å². The highest BCUT2D eigenvalue weighted by Crippen LogP contribution is 2.35. The second-order valence-corrected chi connectivity index (χ2v) is 5.34. The first-order chi connectivity index (χ1) is 10.1. The highest BCUT2D eigenvalue weighted by atomic mass is 16.5. The zero-order chi connectivity index (χ0) is 15.0. The molecule has 1 aromatic carbocycles. The van der Waals surface area contributed by atoms with Crippen LogP contribution in [-0.2, 0) is 0 Å². The Morgan fingerprint density at radius 3 is 2.71 bits per heavy atom. The standard InChI is InChI=1S/C15H20N4O2/c1-9-7-12(19-15(16-9)17-10(2)18-19)11-5-6-13(20-3)14(8-11)21-4/h5-6,8-9,12H,7H2,1-4H3,(H,16,17,18)/t9-,12+/m1/s1. The molecule has 0 unspecified atom stereocenters. The average molecular weight is 288 g/mol. The van der Waals surface area contributed by atoms with Gasteiger partial charge in [0.05, 0.1) is 20.3 Å². The Kier molecular flexibility index (Phi) is 3.45. The van der Waals surface area contributed by atoms with Gasteiger partial charge in [-0.2, -0.15) is 10.1 Å². The third-order valence-corrected chi connectivity index (χ3v) is 3.78. The van der Waals surface area contributed by atoms with Crippen molar-refractivity contribution in [2.24, 2.45) is 0 Å². The van der Waals surface area contributed by atoms with Crippen molar-refractivity contribution in [3.8, 4) is 11.5 Å². The molecule has 0 saturated carbocycles. The number of fused-ring (bicyclic) bond motifs is 1. The first-order valence-electron chi connectivity index (χ1n) is 7.04. The molecule has 6 nitrogen and oxygen atoms in total. The van der Waals surface area contributed by atoms with E-state index in [9.17, 15) is 0 Å². The minimum atomic E-state index is 0.150. The van der Waals surface area contributed by atoms with Crippen LogP contribution in [0.25, 0.3) is 0 Å². The molecule has 2 aromatic rings. The van der Waals surface area contributed by atoms with Crippen molar-refractivity contribution in [2.45, 2.75) is 32.4 Å². The molecule has 1 N–H and O–H groups in total. The monoisotopic (exact) mass is 288 g/mol. The summed E-state index contributed by atoms with van der Waals surface area (Å²) in [4.78, 5) is 4.44. The van der Waals surface area contributed by atoms with Crippen molar-refractivity contribution in [2.75, 3.05) is 19.5 Å². The molecular weight excluding hydrogens is 268 g/mol. The Morgan fingerprint density at radius 2 is 2.00 bits per heavy atom. The van der Waals surface area contributed by atoms with Crippen LogP contribution in [0.15, 0.2) is 18.2 Å². The summed E-state index contributed by atoms with van der Waals surface area (Å²) >= 11 is 0. The molecule has 0 bridgehead atoms. The fraction of sp³-hybridized carbons (Fsp3) is 0.467. The van der Waals surface area contributed by atoms with Crippen molar-refractivity contribution in [1.82, 2.24) is 14.8 Å². The molecule has 1 aliphatic rings. The summed E-state index contributed by atoms with van der Waals surface area (Å²) in [6.07, 6.45) is 0.950. The van der Waals surface area contributed by atoms with E-state index in [1.165, 1.54) is 0 Å². The lowest BCUT2D eigenvalue weighted by Crippen LogP contribution is -2.31. The Morgan fingerprint density at radius 1 is 1.24 bits per heavy atom. The largest absolute Gasteiger partial charge is 0.493 e. The zero-order valence-electron chi connectivity index (χ0n) is 12.8. The van der Waals surface area contributed by atoms with Crippen LogP contribution in [-0.4, -0.2) is 35.0 Å². The second kappa shape index (κ2) is 5.27. The van der Waals surface area contributed by atoms with Gasteiger partial charge in [0, 0.05) is 6.04 Å². The third-order valence-electron chi connectivity index (χ3n) is 3.78. The van der Waals surface area contributed by atoms with Crippen LogP contribution in [0, 0.1) is 6.92 Å². The molecule has 0 amide bonds. The maximum Gasteiger partial charge on any atom is 0.222 e. The maximum absolute atomic E-state index is 5.40. The number of benzene rings is 1. The molecule has 6 heteroatoms. The van der Waals surface area contributed by atoms with E-state index in [2.05, 4.69) is 28.4 Å². The minimum absolute atomic E-state index is 0.150. The number of hydrogen-bond acceptors (Lipinski definition) is 5. The molecule has 2 heterocycles. The normalized spacial score (nSPS) is 20.6. The van der Waals surface area contributed by atoms with E-state index in [-0.39, 0.29) is 6.04 Å². The summed E-state index contributed by atoms with van der Waals surface area (Å²) < 4.78 is 12.7. The summed E-state index contributed by atoms with van der Waals surface area (Å²) in [6, 6.07) is 6.51. The van der Waals surface area contributed by atoms with Crippen molar-refractivity contribution < 1.29 is 9.47 Å². The SMILES string of the molecule is COc1ccc([C@@H]2C[C@@H](C)Nc3nc(C)nn32)cc1OC. The summed E-state index contributed by atoms with van der Waals surface area (Å²) in [5.41, 5.74) is 1.15. The lowest BCUT2D eigenvalue weighted by atomic mass is 9.98. The van der Waals surface area contributed by atoms with Crippen LogP contribution in [0.2, 0.25) is 0 Å². The number of aryl methyl sites for hydroxylation is 1. The molecule has 0 fully saturated rings. The van der Waals surface area contributed by atoms with Gasteiger partial charge in [0.2, 0.25) is 5.95 Å². The maximum atomic E-state index is 5.40. The Bertz CT molecular complexity index is 653. The number of aromatic nitrogens is 3. The first kappa shape index (κ1) is 13.7. The average Bonchev–Trinajstić information content (AvgIpc) is 2.85. The number of anilines is 1. The molecule has 0 aliphatic carbocycles. The van der Waals surface area contributed by atoms with Crippen LogP contribution in [0.5, 0.6) is 11.5 Å². The van der Waals surface area contributed by atoms with Gasteiger partial charge in [-0.05, 0) is 38.0 Å². The van der Waals surface area contributed by atoms with E-state index in [4.69, 9.17) is 9.47 Å². The quantitative estimate of drug-likeness (QED) is 0.939. The molecule has 1 aromatic heterocycles. The van der Waals surface area contributed by atoms with Gasteiger partial charge in [0.1, 0.15) is 5.82 Å². The Hall–Kier alpha value is -2.24. The van der Waals surface area contributed by atoms with Crippen LogP contribution < -0.4 is 14.8 Å². The van der Waals surface area contributed by atoms with Crippen molar-refractivity contribution in [1.29, 1.82) is 0 Å². The van der Waals surface area contributed by atoms with Crippen molar-refractivity contribution in [3.05, 3.63) is 29.6 Å². The van der Waals surface area contributed by atoms with E-state index in [1.54, 1.807) is 14.2 Å². The fourth-order valence-electron chi connectivity index (χ4n) is 2.80. The van der Waals surface area contributed by atoms with E-state index in [0.29, 0.717) is 6.04 Å². The van der Waals surface area contributed by atoms with Gasteiger partial charge in [0.25, 0.3) is 0 Å². The van der Waals surface area contributed by atoms with Crippen molar-refractivity contribution >= 4 is 5.95 Å². The molecule has 0 spiro atoms. The lowest BCUT2D eigenvalue weighted by molar-refractivity contribution is 0.352. The molecular formula is C15H20N4O2. The molecule has 2 atom stereocenters. The molecule has 0 radical (unpaired) electrons. The molecule has 0 saturated heterocycles. The van der Waals surface area contributed by atoms with Gasteiger partial charge in [-0.1, -0.05) is 6.07 Å². The minimum Gasteiger partial charge on any atom is -0.493 e. The highest BCUT2D eigenvalue weighted by molar-refractivity contribution is 5.45. The van der Waals surface area contributed by atoms with Gasteiger partial charge in [-0.3, -0.25) is 0 Å². The lowest BCUT2D eigenvalue weighted by Gasteiger charge is -2.29. The summed E-state index contributed by atoms with van der Waals surface area (Å²) in [5, 5.41) is 7.88. The smallest absolute Gasteiger partial charge is 0.222 e. The van der Waals surface area contributed by atoms with E-state index in [1.807, 2.05) is 23.7 Å². The van der Waals surface area contributed by atoms with E-state index < -0.39 is 0 Å². The van der Waals surface area contributed by atoms with Crippen LogP contribution in [0.1, 0.15) is 30.8 Å². The Balaban J connectivity index is 2.04. The molecule has 21 heavy (non-hydrogen) atoms. The number of methoxy groups -OCH3 is 2. The number of nitrogens with zero attached hydrogens (tertiary/aromatic N) is 3. The summed E-state index contributed by atoms with van der Waals surface area (Å²) in [7, 11) is 3.29. The van der Waals surface area contributed by atoms with Gasteiger partial charge in [-0.25, -0.2) is 4.68 Å². The van der Waals surface area contributed by atoms with Gasteiger partial charge >= 0.3 is 0 Å². The topological polar surface area (TPSA) is 61.2 Å². The predicted molar refractivity (Wildman–Crippen MR) is 80.1 cm³/mol. The first-order valence-corrected chi connectivity index (χ1v) is 7.04. The van der Waals surface area contributed by atoms with Gasteiger partial charge in [0.15, 0.2) is 11.5 Å². The third kappa shape index (κ3) is 2.41.